The molecule has 158 valence electrons. The van der Waals surface area contributed by atoms with Crippen LogP contribution in [0.15, 0.2) is 84.3 Å². The number of anilines is 1. The number of aromatic nitrogens is 4. The second-order valence-corrected chi connectivity index (χ2v) is 7.98. The first-order chi connectivity index (χ1) is 15.0. The fourth-order valence-electron chi connectivity index (χ4n) is 2.72. The Hall–Kier alpha value is -3.92. The maximum absolute atomic E-state index is 12.6. The first-order valence-electron chi connectivity index (χ1n) is 9.39. The van der Waals surface area contributed by atoms with Gasteiger partial charge < -0.3 is 9.47 Å². The molecule has 2 aromatic heterocycles. The van der Waals surface area contributed by atoms with E-state index < -0.39 is 10.0 Å². The highest BCUT2D eigenvalue weighted by Crippen LogP contribution is 2.24. The minimum atomic E-state index is -3.72. The molecule has 31 heavy (non-hydrogen) atoms. The molecule has 2 aromatic carbocycles. The first-order valence-corrected chi connectivity index (χ1v) is 10.9. The number of sulfonamides is 1. The molecule has 9 nitrogen and oxygen atoms in total. The molecule has 0 fully saturated rings. The molecule has 0 aliphatic carbocycles. The van der Waals surface area contributed by atoms with Gasteiger partial charge in [-0.15, -0.1) is 0 Å². The van der Waals surface area contributed by atoms with Crippen LogP contribution in [-0.2, 0) is 10.0 Å². The van der Waals surface area contributed by atoms with E-state index in [1.54, 1.807) is 65.6 Å². The maximum atomic E-state index is 12.6. The van der Waals surface area contributed by atoms with Crippen molar-refractivity contribution in [3.05, 3.63) is 79.4 Å². The van der Waals surface area contributed by atoms with Gasteiger partial charge in [0.25, 0.3) is 10.0 Å². The van der Waals surface area contributed by atoms with Crippen LogP contribution >= 0.6 is 0 Å². The summed E-state index contributed by atoms with van der Waals surface area (Å²) in [7, 11) is -3.72. The molecule has 0 aliphatic rings. The normalized spacial score (nSPS) is 11.1. The van der Waals surface area contributed by atoms with Gasteiger partial charge in [0, 0.05) is 24.1 Å². The van der Waals surface area contributed by atoms with Crippen LogP contribution in [0.3, 0.4) is 0 Å². The number of benzene rings is 2. The van der Waals surface area contributed by atoms with Crippen LogP contribution in [-0.4, -0.2) is 34.8 Å². The number of rotatable bonds is 8. The van der Waals surface area contributed by atoms with Crippen molar-refractivity contribution in [1.29, 1.82) is 0 Å². The molecule has 2 heterocycles. The molecule has 10 heteroatoms. The summed E-state index contributed by atoms with van der Waals surface area (Å²) in [5.74, 6) is 2.01. The van der Waals surface area contributed by atoms with Crippen LogP contribution in [0.25, 0.3) is 5.82 Å². The highest BCUT2D eigenvalue weighted by Gasteiger charge is 2.14. The minimum absolute atomic E-state index is 0.142. The Balaban J connectivity index is 1.44. The van der Waals surface area contributed by atoms with E-state index >= 15 is 0 Å². The fraction of sp³-hybridized carbons (Fsp3) is 0.0952. The zero-order chi connectivity index (χ0) is 21.7. The van der Waals surface area contributed by atoms with Gasteiger partial charge >= 0.3 is 0 Å². The molecule has 0 radical (unpaired) electrons. The Kier molecular flexibility index (Phi) is 5.80. The third-order valence-electron chi connectivity index (χ3n) is 4.14. The lowest BCUT2D eigenvalue weighted by molar-refractivity contribution is 0.340. The van der Waals surface area contributed by atoms with E-state index in [1.807, 2.05) is 6.92 Å². The number of nitrogens with zero attached hydrogens (tertiary/aromatic N) is 4. The van der Waals surface area contributed by atoms with Crippen molar-refractivity contribution < 1.29 is 17.9 Å². The van der Waals surface area contributed by atoms with Crippen molar-refractivity contribution in [3.8, 4) is 23.2 Å². The number of ether oxygens (including phenoxy) is 2. The fourth-order valence-corrected chi connectivity index (χ4v) is 3.78. The van der Waals surface area contributed by atoms with E-state index in [9.17, 15) is 8.42 Å². The average molecular weight is 437 g/mol. The molecule has 0 atom stereocenters. The van der Waals surface area contributed by atoms with Gasteiger partial charge in [0.2, 0.25) is 5.88 Å². The molecule has 0 aliphatic heterocycles. The Labute approximate surface area is 179 Å². The molecular formula is C21H19N5O4S. The topological polar surface area (TPSA) is 108 Å². The number of nitrogens with one attached hydrogen (secondary N) is 1. The summed E-state index contributed by atoms with van der Waals surface area (Å²) in [6.07, 6.45) is 4.79. The van der Waals surface area contributed by atoms with Crippen molar-refractivity contribution in [1.82, 2.24) is 19.7 Å². The summed E-state index contributed by atoms with van der Waals surface area (Å²) < 4.78 is 40.4. The van der Waals surface area contributed by atoms with Crippen molar-refractivity contribution >= 4 is 15.7 Å². The van der Waals surface area contributed by atoms with Gasteiger partial charge in [0.1, 0.15) is 17.8 Å². The Morgan fingerprint density at radius 1 is 1.00 bits per heavy atom. The summed E-state index contributed by atoms with van der Waals surface area (Å²) in [6.45, 7) is 2.38. The van der Waals surface area contributed by atoms with Gasteiger partial charge in [-0.05, 0) is 61.5 Å². The second-order valence-electron chi connectivity index (χ2n) is 6.30. The predicted octanol–water partition coefficient (Wildman–Crippen LogP) is 3.65. The zero-order valence-corrected chi connectivity index (χ0v) is 17.4. The van der Waals surface area contributed by atoms with E-state index in [0.717, 1.165) is 0 Å². The lowest BCUT2D eigenvalue weighted by atomic mass is 10.3. The predicted molar refractivity (Wildman–Crippen MR) is 114 cm³/mol. The molecule has 0 spiro atoms. The molecule has 4 aromatic rings. The Morgan fingerprint density at radius 2 is 1.74 bits per heavy atom. The standard InChI is InChI=1S/C21H19N5O4S/c1-2-29-17-8-10-19(11-9-17)31(27,28)25-16-4-6-18(7-5-16)30-21-14-20(22-15-23-21)26-13-3-12-24-26/h3-15,25H,2H2,1H3. The lowest BCUT2D eigenvalue weighted by Crippen LogP contribution is -2.12. The maximum Gasteiger partial charge on any atom is 0.261 e. The summed E-state index contributed by atoms with van der Waals surface area (Å²) in [5.41, 5.74) is 0.404. The van der Waals surface area contributed by atoms with Crippen LogP contribution in [0.2, 0.25) is 0 Å². The van der Waals surface area contributed by atoms with Gasteiger partial charge in [0.05, 0.1) is 11.5 Å². The quantitative estimate of drug-likeness (QED) is 0.448. The van der Waals surface area contributed by atoms with Crippen LogP contribution in [0.5, 0.6) is 17.4 Å². The van der Waals surface area contributed by atoms with E-state index in [1.165, 1.54) is 18.5 Å². The van der Waals surface area contributed by atoms with E-state index in [0.29, 0.717) is 35.5 Å². The number of hydrogen-bond donors (Lipinski definition) is 1. The van der Waals surface area contributed by atoms with Gasteiger partial charge in [-0.1, -0.05) is 0 Å². The van der Waals surface area contributed by atoms with E-state index in [2.05, 4.69) is 19.8 Å². The molecule has 0 unspecified atom stereocenters. The lowest BCUT2D eigenvalue weighted by Gasteiger charge is -2.10. The van der Waals surface area contributed by atoms with Crippen LogP contribution in [0.1, 0.15) is 6.92 Å². The summed E-state index contributed by atoms with van der Waals surface area (Å²) in [5, 5.41) is 4.12. The Morgan fingerprint density at radius 3 is 2.42 bits per heavy atom. The third kappa shape index (κ3) is 4.98. The van der Waals surface area contributed by atoms with Gasteiger partial charge in [-0.3, -0.25) is 4.72 Å². The van der Waals surface area contributed by atoms with Crippen molar-refractivity contribution in [2.45, 2.75) is 11.8 Å². The monoisotopic (exact) mass is 437 g/mol. The molecule has 0 bridgehead atoms. The molecule has 0 amide bonds. The van der Waals surface area contributed by atoms with Gasteiger partial charge in [-0.25, -0.2) is 23.1 Å². The smallest absolute Gasteiger partial charge is 0.261 e. The second kappa shape index (κ2) is 8.84. The molecule has 4 rings (SSSR count). The molecule has 1 N–H and O–H groups in total. The van der Waals surface area contributed by atoms with Crippen LogP contribution in [0, 0.1) is 0 Å². The number of hydrogen-bond acceptors (Lipinski definition) is 7. The summed E-state index contributed by atoms with van der Waals surface area (Å²) in [6, 6.07) is 16.2. The summed E-state index contributed by atoms with van der Waals surface area (Å²) in [4.78, 5) is 8.38. The van der Waals surface area contributed by atoms with Crippen LogP contribution in [0.4, 0.5) is 5.69 Å². The summed E-state index contributed by atoms with van der Waals surface area (Å²) >= 11 is 0. The van der Waals surface area contributed by atoms with E-state index in [-0.39, 0.29) is 4.90 Å². The van der Waals surface area contributed by atoms with Gasteiger partial charge in [-0.2, -0.15) is 5.10 Å². The van der Waals surface area contributed by atoms with E-state index in [4.69, 9.17) is 9.47 Å². The molecule has 0 saturated carbocycles. The van der Waals surface area contributed by atoms with Gasteiger partial charge in [0.15, 0.2) is 5.82 Å². The van der Waals surface area contributed by atoms with Crippen LogP contribution < -0.4 is 14.2 Å². The van der Waals surface area contributed by atoms with Crippen molar-refractivity contribution in [3.63, 3.8) is 0 Å². The third-order valence-corrected chi connectivity index (χ3v) is 5.54. The highest BCUT2D eigenvalue weighted by atomic mass is 32.2. The zero-order valence-electron chi connectivity index (χ0n) is 16.5. The van der Waals surface area contributed by atoms with Crippen molar-refractivity contribution in [2.75, 3.05) is 11.3 Å². The average Bonchev–Trinajstić information content (AvgIpc) is 3.31. The molecule has 0 saturated heterocycles. The molecular weight excluding hydrogens is 418 g/mol. The highest BCUT2D eigenvalue weighted by molar-refractivity contribution is 7.92. The minimum Gasteiger partial charge on any atom is -0.494 e. The first kappa shape index (κ1) is 20.4. The van der Waals surface area contributed by atoms with Crippen molar-refractivity contribution in [2.24, 2.45) is 0 Å². The largest absolute Gasteiger partial charge is 0.494 e. The Bertz CT molecular complexity index is 1240. The SMILES string of the molecule is CCOc1ccc(S(=O)(=O)Nc2ccc(Oc3cc(-n4cccn4)ncn3)cc2)cc1.